The van der Waals surface area contributed by atoms with Crippen LogP contribution < -0.4 is 20.1 Å². The number of hydrogen-bond acceptors (Lipinski definition) is 4. The molecule has 7 heteroatoms. The first-order chi connectivity index (χ1) is 13.0. The van der Waals surface area contributed by atoms with Crippen molar-refractivity contribution in [2.75, 3.05) is 33.9 Å². The molecule has 1 aliphatic heterocycles. The number of methoxy groups -OCH3 is 1. The summed E-state index contributed by atoms with van der Waals surface area (Å²) in [6.07, 6.45) is 0.927. The highest BCUT2D eigenvalue weighted by Crippen LogP contribution is 2.28. The molecule has 1 saturated heterocycles. The Bertz CT molecular complexity index is 661. The number of hydrogen-bond donors (Lipinski definition) is 2. The third kappa shape index (κ3) is 5.77. The van der Waals surface area contributed by atoms with Crippen LogP contribution in [0.4, 0.5) is 0 Å². The molecule has 7 nitrogen and oxygen atoms in total. The van der Waals surface area contributed by atoms with Crippen LogP contribution in [0.2, 0.25) is 0 Å². The van der Waals surface area contributed by atoms with Gasteiger partial charge >= 0.3 is 0 Å². The molecule has 1 fully saturated rings. The van der Waals surface area contributed by atoms with Crippen LogP contribution in [0, 0.1) is 5.92 Å². The molecular formula is C20H32N4O3. The van der Waals surface area contributed by atoms with E-state index in [0.717, 1.165) is 42.5 Å². The van der Waals surface area contributed by atoms with Crippen LogP contribution in [-0.4, -0.2) is 56.7 Å². The molecule has 1 aromatic rings. The van der Waals surface area contributed by atoms with Gasteiger partial charge in [-0.15, -0.1) is 0 Å². The highest BCUT2D eigenvalue weighted by Gasteiger charge is 2.27. The van der Waals surface area contributed by atoms with Crippen LogP contribution in [0.25, 0.3) is 0 Å². The zero-order chi connectivity index (χ0) is 19.8. The fourth-order valence-electron chi connectivity index (χ4n) is 3.12. The van der Waals surface area contributed by atoms with Crippen LogP contribution in [-0.2, 0) is 11.3 Å². The second kappa shape index (κ2) is 10.0. The van der Waals surface area contributed by atoms with Crippen molar-refractivity contribution in [3.8, 4) is 11.5 Å². The van der Waals surface area contributed by atoms with Gasteiger partial charge in [-0.3, -0.25) is 9.79 Å². The minimum Gasteiger partial charge on any atom is -0.493 e. The van der Waals surface area contributed by atoms with Crippen LogP contribution in [0.15, 0.2) is 23.2 Å². The van der Waals surface area contributed by atoms with Crippen molar-refractivity contribution in [2.24, 2.45) is 10.9 Å². The van der Waals surface area contributed by atoms with Crippen LogP contribution in [0.5, 0.6) is 11.5 Å². The number of likely N-dealkylation sites (tertiary alicyclic amines) is 1. The summed E-state index contributed by atoms with van der Waals surface area (Å²) in [5.74, 6) is 2.44. The fraction of sp³-hybridized carbons (Fsp3) is 0.600. The van der Waals surface area contributed by atoms with Gasteiger partial charge in [0.15, 0.2) is 17.5 Å². The van der Waals surface area contributed by atoms with E-state index >= 15 is 0 Å². The van der Waals surface area contributed by atoms with E-state index in [1.54, 1.807) is 14.2 Å². The molecule has 150 valence electrons. The number of carbonyl (C=O) groups is 1. The highest BCUT2D eigenvalue weighted by molar-refractivity contribution is 5.81. The molecule has 2 N–H and O–H groups in total. The minimum absolute atomic E-state index is 0.0378. The van der Waals surface area contributed by atoms with Gasteiger partial charge in [-0.25, -0.2) is 0 Å². The second-order valence-corrected chi connectivity index (χ2v) is 6.91. The molecule has 27 heavy (non-hydrogen) atoms. The lowest BCUT2D eigenvalue weighted by atomic mass is 10.2. The zero-order valence-corrected chi connectivity index (χ0v) is 17.0. The van der Waals surface area contributed by atoms with Gasteiger partial charge in [0.05, 0.1) is 13.7 Å². The smallest absolute Gasteiger partial charge is 0.225 e. The zero-order valence-electron chi connectivity index (χ0n) is 17.0. The van der Waals surface area contributed by atoms with Crippen LogP contribution in [0.3, 0.4) is 0 Å². The molecule has 1 atom stereocenters. The van der Waals surface area contributed by atoms with Crippen molar-refractivity contribution >= 4 is 11.9 Å². The van der Waals surface area contributed by atoms with Crippen molar-refractivity contribution in [3.63, 3.8) is 0 Å². The molecule has 0 spiro atoms. The Kier molecular flexibility index (Phi) is 7.76. The average Bonchev–Trinajstić information content (AvgIpc) is 3.13. The summed E-state index contributed by atoms with van der Waals surface area (Å²) in [5, 5.41) is 6.74. The maximum Gasteiger partial charge on any atom is 0.225 e. The molecule has 0 aromatic heterocycles. The SMILES string of the molecule is CCOc1cc(CNC(=NC)NC2CCN(C(=O)C(C)C)C2)ccc1OC. The van der Waals surface area contributed by atoms with E-state index < -0.39 is 0 Å². The Labute approximate surface area is 162 Å². The summed E-state index contributed by atoms with van der Waals surface area (Å²) < 4.78 is 10.9. The number of amides is 1. The number of rotatable bonds is 7. The monoisotopic (exact) mass is 376 g/mol. The second-order valence-electron chi connectivity index (χ2n) is 6.91. The number of nitrogens with one attached hydrogen (secondary N) is 2. The van der Waals surface area contributed by atoms with E-state index in [1.165, 1.54) is 0 Å². The number of benzene rings is 1. The molecule has 1 amide bonds. The van der Waals surface area contributed by atoms with Gasteiger partial charge in [0.25, 0.3) is 0 Å². The van der Waals surface area contributed by atoms with Gasteiger partial charge in [0.2, 0.25) is 5.91 Å². The lowest BCUT2D eigenvalue weighted by Gasteiger charge is -2.20. The quantitative estimate of drug-likeness (QED) is 0.562. The third-order valence-corrected chi connectivity index (χ3v) is 4.55. The molecular weight excluding hydrogens is 344 g/mol. The van der Waals surface area contributed by atoms with E-state index in [1.807, 2.05) is 43.9 Å². The number of aliphatic imine (C=N–C) groups is 1. The summed E-state index contributed by atoms with van der Waals surface area (Å²) in [6, 6.07) is 6.10. The topological polar surface area (TPSA) is 75.2 Å². The Morgan fingerprint density at radius 2 is 2.15 bits per heavy atom. The summed E-state index contributed by atoms with van der Waals surface area (Å²) in [4.78, 5) is 18.3. The standard InChI is InChI=1S/C20H32N4O3/c1-6-27-18-11-15(7-8-17(18)26-5)12-22-20(21-4)23-16-9-10-24(13-16)19(25)14(2)3/h7-8,11,14,16H,6,9-10,12-13H2,1-5H3,(H2,21,22,23). The number of ether oxygens (including phenoxy) is 2. The van der Waals surface area contributed by atoms with Gasteiger partial charge in [-0.2, -0.15) is 0 Å². The predicted molar refractivity (Wildman–Crippen MR) is 107 cm³/mol. The van der Waals surface area contributed by atoms with Crippen molar-refractivity contribution in [3.05, 3.63) is 23.8 Å². The number of nitrogens with zero attached hydrogens (tertiary/aromatic N) is 2. The van der Waals surface area contributed by atoms with Crippen LogP contribution in [0.1, 0.15) is 32.8 Å². The Balaban J connectivity index is 1.89. The van der Waals surface area contributed by atoms with E-state index in [-0.39, 0.29) is 17.9 Å². The molecule has 2 rings (SSSR count). The molecule has 0 bridgehead atoms. The van der Waals surface area contributed by atoms with E-state index in [0.29, 0.717) is 13.2 Å². The average molecular weight is 377 g/mol. The predicted octanol–water partition coefficient (Wildman–Crippen LogP) is 2.02. The first kappa shape index (κ1) is 20.9. The van der Waals surface area contributed by atoms with Crippen LogP contribution >= 0.6 is 0 Å². The van der Waals surface area contributed by atoms with Gasteiger partial charge in [-0.1, -0.05) is 19.9 Å². The molecule has 0 radical (unpaired) electrons. The number of carbonyl (C=O) groups excluding carboxylic acids is 1. The lowest BCUT2D eigenvalue weighted by molar-refractivity contribution is -0.133. The Morgan fingerprint density at radius 1 is 1.37 bits per heavy atom. The normalized spacial score (nSPS) is 17.2. The molecule has 0 aliphatic carbocycles. The first-order valence-corrected chi connectivity index (χ1v) is 9.54. The molecule has 1 aromatic carbocycles. The maximum atomic E-state index is 12.1. The third-order valence-electron chi connectivity index (χ3n) is 4.55. The Hall–Kier alpha value is -2.44. The Morgan fingerprint density at radius 3 is 2.78 bits per heavy atom. The summed E-state index contributed by atoms with van der Waals surface area (Å²) in [7, 11) is 3.39. The van der Waals surface area contributed by atoms with Gasteiger partial charge in [0.1, 0.15) is 0 Å². The minimum atomic E-state index is 0.0378. The van der Waals surface area contributed by atoms with E-state index in [2.05, 4.69) is 15.6 Å². The molecule has 1 heterocycles. The maximum absolute atomic E-state index is 12.1. The largest absolute Gasteiger partial charge is 0.493 e. The van der Waals surface area contributed by atoms with Gasteiger partial charge in [0, 0.05) is 38.6 Å². The van der Waals surface area contributed by atoms with Gasteiger partial charge in [-0.05, 0) is 31.0 Å². The molecule has 0 saturated carbocycles. The summed E-state index contributed by atoms with van der Waals surface area (Å²) in [6.45, 7) is 8.54. The molecule has 1 aliphatic rings. The van der Waals surface area contributed by atoms with Crippen molar-refractivity contribution < 1.29 is 14.3 Å². The highest BCUT2D eigenvalue weighted by atomic mass is 16.5. The van der Waals surface area contributed by atoms with E-state index in [4.69, 9.17) is 9.47 Å². The molecule has 1 unspecified atom stereocenters. The van der Waals surface area contributed by atoms with E-state index in [9.17, 15) is 4.79 Å². The fourth-order valence-corrected chi connectivity index (χ4v) is 3.12. The van der Waals surface area contributed by atoms with Crippen molar-refractivity contribution in [2.45, 2.75) is 39.8 Å². The lowest BCUT2D eigenvalue weighted by Crippen LogP contribution is -2.45. The summed E-state index contributed by atoms with van der Waals surface area (Å²) in [5.41, 5.74) is 1.07. The summed E-state index contributed by atoms with van der Waals surface area (Å²) >= 11 is 0. The van der Waals surface area contributed by atoms with Crippen molar-refractivity contribution in [1.29, 1.82) is 0 Å². The number of guanidine groups is 1. The van der Waals surface area contributed by atoms with Crippen molar-refractivity contribution in [1.82, 2.24) is 15.5 Å². The van der Waals surface area contributed by atoms with Gasteiger partial charge < -0.3 is 25.0 Å². The first-order valence-electron chi connectivity index (χ1n) is 9.54.